The molecule has 0 saturated carbocycles. The van der Waals surface area contributed by atoms with Gasteiger partial charge in [0.1, 0.15) is 0 Å². The van der Waals surface area contributed by atoms with Crippen LogP contribution in [0.2, 0.25) is 5.82 Å². The second kappa shape index (κ2) is 3.32. The van der Waals surface area contributed by atoms with E-state index in [0.717, 1.165) is 6.42 Å². The summed E-state index contributed by atoms with van der Waals surface area (Å²) in [6.45, 7) is 0.629. The molecule has 0 spiro atoms. The quantitative estimate of drug-likeness (QED) is 0.346. The highest BCUT2D eigenvalue weighted by Crippen LogP contribution is 2.23. The van der Waals surface area contributed by atoms with Crippen molar-refractivity contribution in [2.24, 2.45) is 0 Å². The highest BCUT2D eigenvalue weighted by atomic mass is 19.1. The summed E-state index contributed by atoms with van der Waals surface area (Å²) in [4.78, 5) is 0. The molecular weight excluding hydrogens is 136 g/mol. The number of hydrogen-bond donors (Lipinski definition) is 3. The average Bonchev–Trinajstić information content (AvgIpc) is 1.88. The summed E-state index contributed by atoms with van der Waals surface area (Å²) >= 11 is 0. The van der Waals surface area contributed by atoms with Crippen molar-refractivity contribution in [3.05, 3.63) is 0 Å². The van der Waals surface area contributed by atoms with Crippen LogP contribution in [0.15, 0.2) is 0 Å². The molecule has 10 heavy (non-hydrogen) atoms. The summed E-state index contributed by atoms with van der Waals surface area (Å²) in [5.74, 6) is -0.645. The monoisotopic (exact) mass is 147 g/mol. The van der Waals surface area contributed by atoms with Crippen LogP contribution in [0.1, 0.15) is 12.8 Å². The van der Waals surface area contributed by atoms with Crippen molar-refractivity contribution in [1.29, 1.82) is 0 Å². The molecule has 0 aliphatic carbocycles. The molecule has 0 radical (unpaired) electrons. The minimum atomic E-state index is -1.53. The van der Waals surface area contributed by atoms with Gasteiger partial charge in [-0.1, -0.05) is 0 Å². The predicted octanol–water partition coefficient (Wildman–Crippen LogP) is -0.492. The fourth-order valence-electron chi connectivity index (χ4n) is 1.18. The number of rotatable bonds is 1. The first-order chi connectivity index (χ1) is 4.72. The summed E-state index contributed by atoms with van der Waals surface area (Å²) in [6.07, 6.45) is 0.0999. The first-order valence-electron chi connectivity index (χ1n) is 3.45. The Balaban J connectivity index is 2.40. The molecule has 0 aromatic heterocycles. The maximum Gasteiger partial charge on any atom is 0.459 e. The van der Waals surface area contributed by atoms with E-state index in [9.17, 15) is 4.39 Å². The van der Waals surface area contributed by atoms with Crippen molar-refractivity contribution < 1.29 is 14.4 Å². The molecule has 3 nitrogen and oxygen atoms in total. The Morgan fingerprint density at radius 1 is 1.50 bits per heavy atom. The van der Waals surface area contributed by atoms with Crippen LogP contribution in [-0.2, 0) is 0 Å². The average molecular weight is 147 g/mol. The van der Waals surface area contributed by atoms with Crippen molar-refractivity contribution in [3.8, 4) is 0 Å². The van der Waals surface area contributed by atoms with Crippen LogP contribution in [0.3, 0.4) is 0 Å². The van der Waals surface area contributed by atoms with Crippen molar-refractivity contribution in [2.45, 2.75) is 25.0 Å². The van der Waals surface area contributed by atoms with Crippen LogP contribution >= 0.6 is 0 Å². The SMILES string of the molecule is OB(O)C1CCCNC1F. The Bertz CT molecular complexity index is 114. The lowest BCUT2D eigenvalue weighted by Gasteiger charge is -2.25. The van der Waals surface area contributed by atoms with Gasteiger partial charge in [-0.15, -0.1) is 0 Å². The lowest BCUT2D eigenvalue weighted by Crippen LogP contribution is -2.41. The van der Waals surface area contributed by atoms with Gasteiger partial charge in [0.15, 0.2) is 6.30 Å². The number of alkyl halides is 1. The first-order valence-corrected chi connectivity index (χ1v) is 3.45. The zero-order valence-corrected chi connectivity index (χ0v) is 5.63. The number of halogens is 1. The van der Waals surface area contributed by atoms with Gasteiger partial charge in [0.25, 0.3) is 0 Å². The van der Waals surface area contributed by atoms with Gasteiger partial charge in [0.05, 0.1) is 0 Å². The molecule has 0 amide bonds. The molecule has 1 rings (SSSR count). The van der Waals surface area contributed by atoms with E-state index in [1.807, 2.05) is 0 Å². The molecule has 0 aromatic carbocycles. The molecule has 58 valence electrons. The van der Waals surface area contributed by atoms with E-state index in [4.69, 9.17) is 10.0 Å². The molecule has 2 unspecified atom stereocenters. The van der Waals surface area contributed by atoms with Crippen LogP contribution in [-0.4, -0.2) is 30.0 Å². The Morgan fingerprint density at radius 2 is 2.20 bits per heavy atom. The van der Waals surface area contributed by atoms with E-state index in [0.29, 0.717) is 13.0 Å². The summed E-state index contributed by atoms with van der Waals surface area (Å²) < 4.78 is 12.7. The number of piperidine rings is 1. The zero-order chi connectivity index (χ0) is 7.56. The molecule has 1 saturated heterocycles. The number of nitrogens with one attached hydrogen (secondary N) is 1. The van der Waals surface area contributed by atoms with Crippen molar-refractivity contribution in [1.82, 2.24) is 5.32 Å². The highest BCUT2D eigenvalue weighted by molar-refractivity contribution is 6.43. The van der Waals surface area contributed by atoms with Crippen molar-refractivity contribution in [2.75, 3.05) is 6.54 Å². The van der Waals surface area contributed by atoms with Gasteiger partial charge in [-0.3, -0.25) is 5.32 Å². The minimum Gasteiger partial charge on any atom is -0.427 e. The topological polar surface area (TPSA) is 52.5 Å². The molecule has 1 aliphatic rings. The lowest BCUT2D eigenvalue weighted by atomic mass is 9.68. The van der Waals surface area contributed by atoms with E-state index in [1.165, 1.54) is 0 Å². The van der Waals surface area contributed by atoms with E-state index in [1.54, 1.807) is 0 Å². The Kier molecular flexibility index (Phi) is 2.65. The fourth-order valence-corrected chi connectivity index (χ4v) is 1.18. The molecule has 5 heteroatoms. The zero-order valence-electron chi connectivity index (χ0n) is 5.63. The lowest BCUT2D eigenvalue weighted by molar-refractivity contribution is 0.196. The van der Waals surface area contributed by atoms with Gasteiger partial charge in [-0.25, -0.2) is 4.39 Å². The van der Waals surface area contributed by atoms with Crippen molar-refractivity contribution in [3.63, 3.8) is 0 Å². The van der Waals surface area contributed by atoms with Crippen LogP contribution in [0.4, 0.5) is 4.39 Å². The second-order valence-corrected chi connectivity index (χ2v) is 2.58. The fraction of sp³-hybridized carbons (Fsp3) is 1.00. The van der Waals surface area contributed by atoms with Crippen LogP contribution < -0.4 is 5.32 Å². The first kappa shape index (κ1) is 7.98. The minimum absolute atomic E-state index is 0.547. The largest absolute Gasteiger partial charge is 0.459 e. The Hall–Kier alpha value is -0.125. The summed E-state index contributed by atoms with van der Waals surface area (Å²) in [6, 6.07) is 0. The molecule has 0 bridgehead atoms. The molecule has 1 fully saturated rings. The van der Waals surface area contributed by atoms with Gasteiger partial charge >= 0.3 is 7.12 Å². The van der Waals surface area contributed by atoms with Crippen LogP contribution in [0.25, 0.3) is 0 Å². The van der Waals surface area contributed by atoms with Crippen molar-refractivity contribution >= 4 is 7.12 Å². The van der Waals surface area contributed by atoms with Crippen LogP contribution in [0, 0.1) is 0 Å². The van der Waals surface area contributed by atoms with E-state index in [2.05, 4.69) is 5.32 Å². The summed E-state index contributed by atoms with van der Waals surface area (Å²) in [7, 11) is -1.53. The third-order valence-corrected chi connectivity index (χ3v) is 1.81. The Labute approximate surface area is 59.4 Å². The number of hydrogen-bond acceptors (Lipinski definition) is 3. The molecule has 3 N–H and O–H groups in total. The molecule has 0 aromatic rings. The molecule has 1 aliphatic heterocycles. The van der Waals surface area contributed by atoms with Gasteiger partial charge in [-0.05, 0) is 19.4 Å². The smallest absolute Gasteiger partial charge is 0.427 e. The molecule has 1 heterocycles. The van der Waals surface area contributed by atoms with Gasteiger partial charge < -0.3 is 10.0 Å². The normalized spacial score (nSPS) is 33.9. The third kappa shape index (κ3) is 1.68. The Morgan fingerprint density at radius 3 is 2.60 bits per heavy atom. The standard InChI is InChI=1S/C5H11BFNO2/c7-5-4(6(9)10)2-1-3-8-5/h4-5,8-10H,1-3H2. The van der Waals surface area contributed by atoms with Gasteiger partial charge in [0.2, 0.25) is 0 Å². The highest BCUT2D eigenvalue weighted by Gasteiger charge is 2.33. The second-order valence-electron chi connectivity index (χ2n) is 2.58. The van der Waals surface area contributed by atoms with E-state index < -0.39 is 19.2 Å². The van der Waals surface area contributed by atoms with Gasteiger partial charge in [0, 0.05) is 5.82 Å². The van der Waals surface area contributed by atoms with E-state index >= 15 is 0 Å². The molecular formula is C5H11BFNO2. The van der Waals surface area contributed by atoms with Gasteiger partial charge in [-0.2, -0.15) is 0 Å². The maximum absolute atomic E-state index is 12.7. The predicted molar refractivity (Wildman–Crippen MR) is 36.1 cm³/mol. The summed E-state index contributed by atoms with van der Waals surface area (Å²) in [5.41, 5.74) is 0. The molecule has 2 atom stereocenters. The third-order valence-electron chi connectivity index (χ3n) is 1.81. The van der Waals surface area contributed by atoms with E-state index in [-0.39, 0.29) is 0 Å². The van der Waals surface area contributed by atoms with Crippen LogP contribution in [0.5, 0.6) is 0 Å². The summed E-state index contributed by atoms with van der Waals surface area (Å²) in [5, 5.41) is 19.8. The maximum atomic E-state index is 12.7.